The Labute approximate surface area is 543 Å². The van der Waals surface area contributed by atoms with Gasteiger partial charge in [-0.2, -0.15) is 0 Å². The van der Waals surface area contributed by atoms with E-state index >= 15 is 0 Å². The quantitative estimate of drug-likeness (QED) is 0.0222. The third kappa shape index (κ3) is 63.2. The molecule has 0 rings (SSSR count). The molecule has 0 aliphatic carbocycles. The molecule has 19 heteroatoms. The Morgan fingerprint density at radius 3 is 0.798 bits per heavy atom. The third-order valence-corrected chi connectivity index (χ3v) is 18.3. The van der Waals surface area contributed by atoms with Gasteiger partial charge in [-0.25, -0.2) is 9.13 Å². The van der Waals surface area contributed by atoms with E-state index in [0.29, 0.717) is 37.5 Å². The average molecular weight is 1310 g/mol. The second kappa shape index (κ2) is 59.8. The number of rotatable bonds is 67. The van der Waals surface area contributed by atoms with Crippen LogP contribution in [-0.4, -0.2) is 96.7 Å². The highest BCUT2D eigenvalue weighted by Crippen LogP contribution is 2.45. The summed E-state index contributed by atoms with van der Waals surface area (Å²) < 4.78 is 68.2. The van der Waals surface area contributed by atoms with E-state index in [4.69, 9.17) is 37.0 Å². The number of carbonyl (C=O) groups excluding carboxylic acids is 4. The van der Waals surface area contributed by atoms with Crippen molar-refractivity contribution in [1.29, 1.82) is 0 Å². The predicted octanol–water partition coefficient (Wildman–Crippen LogP) is 19.7. The number of ether oxygens (including phenoxy) is 4. The van der Waals surface area contributed by atoms with Gasteiger partial charge in [0.15, 0.2) is 12.2 Å². The van der Waals surface area contributed by atoms with Gasteiger partial charge in [0.2, 0.25) is 0 Å². The number of carbonyl (C=O) groups is 4. The van der Waals surface area contributed by atoms with Gasteiger partial charge in [0, 0.05) is 25.7 Å². The van der Waals surface area contributed by atoms with Gasteiger partial charge in [0.05, 0.1) is 26.4 Å². The molecule has 89 heavy (non-hydrogen) atoms. The molecule has 0 saturated carbocycles. The molecule has 0 aliphatic rings. The lowest BCUT2D eigenvalue weighted by Crippen LogP contribution is -2.30. The van der Waals surface area contributed by atoms with Crippen LogP contribution >= 0.6 is 15.6 Å². The molecular weight excluding hydrogens is 1170 g/mol. The van der Waals surface area contributed by atoms with E-state index in [-0.39, 0.29) is 25.7 Å². The van der Waals surface area contributed by atoms with Gasteiger partial charge in [-0.3, -0.25) is 37.3 Å². The third-order valence-electron chi connectivity index (χ3n) is 16.4. The van der Waals surface area contributed by atoms with Crippen LogP contribution in [-0.2, 0) is 65.4 Å². The molecule has 0 spiro atoms. The number of hydrogen-bond acceptors (Lipinski definition) is 15. The molecule has 0 aromatic heterocycles. The van der Waals surface area contributed by atoms with Crippen molar-refractivity contribution in [2.75, 3.05) is 39.6 Å². The van der Waals surface area contributed by atoms with Gasteiger partial charge in [0.25, 0.3) is 0 Å². The van der Waals surface area contributed by atoms with E-state index in [0.717, 1.165) is 108 Å². The van der Waals surface area contributed by atoms with Crippen LogP contribution in [0.4, 0.5) is 0 Å². The molecular formula is C70H136O17P2. The fourth-order valence-corrected chi connectivity index (χ4v) is 12.0. The van der Waals surface area contributed by atoms with E-state index in [1.165, 1.54) is 141 Å². The summed E-state index contributed by atoms with van der Waals surface area (Å²) in [6, 6.07) is 0. The second-order valence-corrected chi connectivity index (χ2v) is 29.8. The Hall–Kier alpha value is -1.94. The Balaban J connectivity index is 5.25. The minimum absolute atomic E-state index is 0.102. The molecule has 4 unspecified atom stereocenters. The highest BCUT2D eigenvalue weighted by atomic mass is 31.2. The van der Waals surface area contributed by atoms with Crippen molar-refractivity contribution in [2.45, 2.75) is 363 Å². The number of aliphatic hydroxyl groups is 1. The maximum Gasteiger partial charge on any atom is 0.472 e. The SMILES string of the molecule is CCC(C)CCCCCCCCCCCCC(=O)O[C@H](COC(=O)CCCCCCCCCCCCCCC(C)C)COP(=O)(O)OCC(O)COP(=O)(O)OC[C@@H](COC(=O)CCCCCCCCCC(C)C)OC(=O)CCCCCCCCCC(C)C. The molecule has 0 saturated heterocycles. The van der Waals surface area contributed by atoms with E-state index in [9.17, 15) is 43.2 Å². The molecule has 0 amide bonds. The van der Waals surface area contributed by atoms with E-state index in [1.807, 2.05) is 0 Å². The van der Waals surface area contributed by atoms with Crippen molar-refractivity contribution in [3.8, 4) is 0 Å². The van der Waals surface area contributed by atoms with Crippen LogP contribution in [0.15, 0.2) is 0 Å². The fourth-order valence-electron chi connectivity index (χ4n) is 10.5. The number of hydrogen-bond donors (Lipinski definition) is 3. The molecule has 0 aromatic carbocycles. The topological polar surface area (TPSA) is 237 Å². The molecule has 0 fully saturated rings. The summed E-state index contributed by atoms with van der Waals surface area (Å²) in [6.45, 7) is 14.1. The monoisotopic (exact) mass is 1310 g/mol. The van der Waals surface area contributed by atoms with Crippen molar-refractivity contribution in [3.63, 3.8) is 0 Å². The maximum absolute atomic E-state index is 13.0. The van der Waals surface area contributed by atoms with E-state index in [1.54, 1.807) is 0 Å². The van der Waals surface area contributed by atoms with E-state index < -0.39 is 97.5 Å². The van der Waals surface area contributed by atoms with Gasteiger partial charge in [-0.1, -0.05) is 293 Å². The van der Waals surface area contributed by atoms with Gasteiger partial charge in [-0.15, -0.1) is 0 Å². The van der Waals surface area contributed by atoms with Gasteiger partial charge in [-0.05, 0) is 49.4 Å². The van der Waals surface area contributed by atoms with Crippen molar-refractivity contribution < 1.29 is 80.2 Å². The Kier molecular flexibility index (Phi) is 58.5. The van der Waals surface area contributed by atoms with Gasteiger partial charge in [0.1, 0.15) is 19.3 Å². The first-order valence-corrected chi connectivity index (χ1v) is 39.2. The van der Waals surface area contributed by atoms with Crippen LogP contribution in [0.3, 0.4) is 0 Å². The highest BCUT2D eigenvalue weighted by Gasteiger charge is 2.30. The largest absolute Gasteiger partial charge is 0.472 e. The summed E-state index contributed by atoms with van der Waals surface area (Å²) in [4.78, 5) is 72.5. The number of aliphatic hydroxyl groups excluding tert-OH is 1. The molecule has 0 aliphatic heterocycles. The molecule has 528 valence electrons. The first-order chi connectivity index (χ1) is 42.6. The van der Waals surface area contributed by atoms with Gasteiger partial charge >= 0.3 is 39.5 Å². The standard InChI is InChI=1S/C70H136O17P2/c1-9-63(8)49-41-33-25-17-14-15-19-27-36-44-52-69(74)86-65(56-80-67(72)50-42-34-26-18-13-11-10-12-16-22-30-38-46-60(2)3)58-84-88(76,77)82-54-64(71)55-83-89(78,79)85-59-66(87-70(75)53-45-37-29-21-24-32-40-48-62(6)7)57-81-68(73)51-43-35-28-20-23-31-39-47-61(4)5/h60-66,71H,9-59H2,1-8H3,(H,76,77)(H,78,79)/t63?,64?,65-,66-/m1/s1. The summed E-state index contributed by atoms with van der Waals surface area (Å²) >= 11 is 0. The Morgan fingerprint density at radius 1 is 0.315 bits per heavy atom. The van der Waals surface area contributed by atoms with Crippen LogP contribution in [0.5, 0.6) is 0 Å². The number of unbranched alkanes of at least 4 members (excludes halogenated alkanes) is 32. The summed E-state index contributed by atoms with van der Waals surface area (Å²) in [5, 5.41) is 10.6. The summed E-state index contributed by atoms with van der Waals surface area (Å²) in [7, 11) is -9.90. The molecule has 0 radical (unpaired) electrons. The summed E-state index contributed by atoms with van der Waals surface area (Å²) in [5.41, 5.74) is 0. The number of phosphoric ester groups is 2. The Morgan fingerprint density at radius 2 is 0.539 bits per heavy atom. The lowest BCUT2D eigenvalue weighted by molar-refractivity contribution is -0.161. The van der Waals surface area contributed by atoms with Crippen LogP contribution in [0.25, 0.3) is 0 Å². The molecule has 0 bridgehead atoms. The van der Waals surface area contributed by atoms with E-state index in [2.05, 4.69) is 55.4 Å². The first kappa shape index (κ1) is 87.1. The maximum atomic E-state index is 13.0. The second-order valence-electron chi connectivity index (χ2n) is 26.9. The molecule has 0 aromatic rings. The lowest BCUT2D eigenvalue weighted by Gasteiger charge is -2.21. The zero-order valence-electron chi connectivity index (χ0n) is 58.1. The van der Waals surface area contributed by atoms with Crippen molar-refractivity contribution in [3.05, 3.63) is 0 Å². The number of phosphoric acid groups is 2. The minimum atomic E-state index is -4.95. The Bertz CT molecular complexity index is 1770. The zero-order chi connectivity index (χ0) is 66.1. The fraction of sp³-hybridized carbons (Fsp3) is 0.943. The highest BCUT2D eigenvalue weighted by molar-refractivity contribution is 7.47. The smallest absolute Gasteiger partial charge is 0.462 e. The molecule has 3 N–H and O–H groups in total. The summed E-state index contributed by atoms with van der Waals surface area (Å²) in [5.74, 6) is 0.854. The number of esters is 4. The normalized spacial score (nSPS) is 14.6. The van der Waals surface area contributed by atoms with Crippen LogP contribution < -0.4 is 0 Å². The average Bonchev–Trinajstić information content (AvgIpc) is 3.68. The van der Waals surface area contributed by atoms with Crippen molar-refractivity contribution in [2.24, 2.45) is 23.7 Å². The predicted molar refractivity (Wildman–Crippen MR) is 358 cm³/mol. The van der Waals surface area contributed by atoms with Crippen molar-refractivity contribution >= 4 is 39.5 Å². The minimum Gasteiger partial charge on any atom is -0.462 e. The van der Waals surface area contributed by atoms with Crippen molar-refractivity contribution in [1.82, 2.24) is 0 Å². The van der Waals surface area contributed by atoms with Gasteiger partial charge < -0.3 is 33.8 Å². The van der Waals surface area contributed by atoms with Crippen LogP contribution in [0, 0.1) is 23.7 Å². The summed E-state index contributed by atoms with van der Waals surface area (Å²) in [6.07, 6.45) is 41.8. The molecule has 0 heterocycles. The zero-order valence-corrected chi connectivity index (χ0v) is 59.8. The first-order valence-electron chi connectivity index (χ1n) is 36.2. The lowest BCUT2D eigenvalue weighted by atomic mass is 9.99. The molecule has 6 atom stereocenters. The van der Waals surface area contributed by atoms with Crippen LogP contribution in [0.2, 0.25) is 0 Å². The van der Waals surface area contributed by atoms with Crippen LogP contribution in [0.1, 0.15) is 344 Å². The molecule has 17 nitrogen and oxygen atoms in total.